The Balaban J connectivity index is 1.90. The maximum Gasteiger partial charge on any atom is 0.254 e. The van der Waals surface area contributed by atoms with Crippen molar-refractivity contribution in [3.63, 3.8) is 0 Å². The van der Waals surface area contributed by atoms with Gasteiger partial charge in [-0.1, -0.05) is 6.57 Å². The van der Waals surface area contributed by atoms with Crippen LogP contribution in [0.15, 0.2) is 55.1 Å². The van der Waals surface area contributed by atoms with Crippen molar-refractivity contribution in [2.24, 2.45) is 0 Å². The molecule has 0 bridgehead atoms. The summed E-state index contributed by atoms with van der Waals surface area (Å²) in [6.45, 7) is 7.97. The number of nitrogens with zero attached hydrogens (tertiary/aromatic N) is 5. The highest BCUT2D eigenvalue weighted by atomic mass is 19.1. The van der Waals surface area contributed by atoms with Crippen molar-refractivity contribution in [3.05, 3.63) is 72.4 Å². The molecule has 4 rings (SSSR count). The second-order valence-electron chi connectivity index (χ2n) is 6.09. The normalized spacial score (nSPS) is 11.0. The highest BCUT2D eigenvalue weighted by molar-refractivity contribution is 5.79. The summed E-state index contributed by atoms with van der Waals surface area (Å²) >= 11 is 0. The van der Waals surface area contributed by atoms with Gasteiger partial charge in [0, 0.05) is 30.3 Å². The van der Waals surface area contributed by atoms with E-state index in [0.717, 1.165) is 22.5 Å². The fourth-order valence-electron chi connectivity index (χ4n) is 3.10. The zero-order valence-electron chi connectivity index (χ0n) is 14.4. The number of aliphatic hydroxyl groups is 1. The number of pyridine rings is 1. The summed E-state index contributed by atoms with van der Waals surface area (Å²) in [6, 6.07) is 9.97. The average molecular weight is 361 g/mol. The molecule has 0 aliphatic rings. The summed E-state index contributed by atoms with van der Waals surface area (Å²) < 4.78 is 17.0. The largest absolute Gasteiger partial charge is 0.396 e. The molecule has 0 aliphatic carbocycles. The SMILES string of the molecule is [C-]#[N+]c1cnc2ccc(-c3c(-c4ccc(F)cc4)ncn3CCCO)cn12. The molecule has 27 heavy (non-hydrogen) atoms. The quantitative estimate of drug-likeness (QED) is 0.548. The van der Waals surface area contributed by atoms with Crippen LogP contribution in [0.3, 0.4) is 0 Å². The van der Waals surface area contributed by atoms with Gasteiger partial charge in [-0.2, -0.15) is 0 Å². The molecule has 3 aromatic heterocycles. The van der Waals surface area contributed by atoms with Gasteiger partial charge >= 0.3 is 0 Å². The molecule has 0 fully saturated rings. The number of hydrogen-bond acceptors (Lipinski definition) is 3. The third-order valence-corrected chi connectivity index (χ3v) is 4.39. The fraction of sp³-hybridized carbons (Fsp3) is 0.150. The first-order valence-corrected chi connectivity index (χ1v) is 8.48. The van der Waals surface area contributed by atoms with E-state index < -0.39 is 0 Å². The van der Waals surface area contributed by atoms with E-state index in [4.69, 9.17) is 6.57 Å². The van der Waals surface area contributed by atoms with Crippen molar-refractivity contribution in [1.82, 2.24) is 18.9 Å². The Morgan fingerprint density at radius 3 is 2.59 bits per heavy atom. The molecule has 1 aromatic carbocycles. The molecule has 0 aliphatic heterocycles. The van der Waals surface area contributed by atoms with E-state index in [1.54, 1.807) is 22.9 Å². The summed E-state index contributed by atoms with van der Waals surface area (Å²) in [4.78, 5) is 12.3. The Morgan fingerprint density at radius 2 is 1.85 bits per heavy atom. The van der Waals surface area contributed by atoms with Crippen molar-refractivity contribution in [2.75, 3.05) is 6.61 Å². The second-order valence-corrected chi connectivity index (χ2v) is 6.09. The summed E-state index contributed by atoms with van der Waals surface area (Å²) in [5, 5.41) is 9.20. The highest BCUT2D eigenvalue weighted by Crippen LogP contribution is 2.32. The van der Waals surface area contributed by atoms with Crippen LogP contribution in [0, 0.1) is 12.4 Å². The fourth-order valence-corrected chi connectivity index (χ4v) is 3.10. The number of aryl methyl sites for hydroxylation is 1. The van der Waals surface area contributed by atoms with Crippen LogP contribution in [0.25, 0.3) is 33.0 Å². The maximum atomic E-state index is 13.3. The van der Waals surface area contributed by atoms with E-state index in [2.05, 4.69) is 14.8 Å². The van der Waals surface area contributed by atoms with E-state index in [1.807, 2.05) is 22.9 Å². The van der Waals surface area contributed by atoms with Gasteiger partial charge in [0.05, 0.1) is 30.1 Å². The molecule has 0 radical (unpaired) electrons. The zero-order chi connectivity index (χ0) is 18.8. The van der Waals surface area contributed by atoms with Gasteiger partial charge in [0.2, 0.25) is 5.65 Å². The summed E-state index contributed by atoms with van der Waals surface area (Å²) in [6.07, 6.45) is 5.70. The molecule has 0 saturated carbocycles. The molecule has 0 unspecified atom stereocenters. The minimum atomic E-state index is -0.304. The lowest BCUT2D eigenvalue weighted by atomic mass is 10.1. The molecule has 4 aromatic rings. The van der Waals surface area contributed by atoms with Gasteiger partial charge in [0.25, 0.3) is 5.82 Å². The first-order chi connectivity index (χ1) is 13.2. The van der Waals surface area contributed by atoms with Crippen LogP contribution in [-0.2, 0) is 6.54 Å². The lowest BCUT2D eigenvalue weighted by Crippen LogP contribution is -2.02. The van der Waals surface area contributed by atoms with Crippen LogP contribution < -0.4 is 0 Å². The van der Waals surface area contributed by atoms with Gasteiger partial charge in [-0.3, -0.25) is 0 Å². The van der Waals surface area contributed by atoms with Gasteiger partial charge in [0.1, 0.15) is 5.82 Å². The topological polar surface area (TPSA) is 59.7 Å². The number of aromatic nitrogens is 4. The number of fused-ring (bicyclic) bond motifs is 1. The molecule has 0 saturated heterocycles. The second kappa shape index (κ2) is 7.02. The van der Waals surface area contributed by atoms with Crippen molar-refractivity contribution >= 4 is 11.5 Å². The van der Waals surface area contributed by atoms with Crippen molar-refractivity contribution in [3.8, 4) is 22.5 Å². The monoisotopic (exact) mass is 361 g/mol. The Bertz CT molecular complexity index is 1140. The first-order valence-electron chi connectivity index (χ1n) is 8.48. The van der Waals surface area contributed by atoms with E-state index in [9.17, 15) is 9.50 Å². The van der Waals surface area contributed by atoms with Gasteiger partial charge in [-0.05, 0) is 36.8 Å². The predicted molar refractivity (Wildman–Crippen MR) is 99.8 cm³/mol. The Morgan fingerprint density at radius 1 is 1.07 bits per heavy atom. The molecule has 3 heterocycles. The van der Waals surface area contributed by atoms with E-state index in [0.29, 0.717) is 24.4 Å². The van der Waals surface area contributed by atoms with Gasteiger partial charge in [0.15, 0.2) is 0 Å². The summed E-state index contributed by atoms with van der Waals surface area (Å²) in [5.74, 6) is 0.123. The van der Waals surface area contributed by atoms with Crippen LogP contribution >= 0.6 is 0 Å². The van der Waals surface area contributed by atoms with Crippen LogP contribution in [0.2, 0.25) is 0 Å². The Kier molecular flexibility index (Phi) is 4.40. The summed E-state index contributed by atoms with van der Waals surface area (Å²) in [7, 11) is 0. The van der Waals surface area contributed by atoms with Crippen molar-refractivity contribution in [1.29, 1.82) is 0 Å². The van der Waals surface area contributed by atoms with Crippen LogP contribution in [-0.4, -0.2) is 30.6 Å². The van der Waals surface area contributed by atoms with Gasteiger partial charge in [-0.15, -0.1) is 0 Å². The minimum absolute atomic E-state index is 0.0753. The van der Waals surface area contributed by atoms with Crippen LogP contribution in [0.1, 0.15) is 6.42 Å². The number of hydrogen-bond donors (Lipinski definition) is 1. The molecule has 1 N–H and O–H groups in total. The molecule has 134 valence electrons. The van der Waals surface area contributed by atoms with Crippen molar-refractivity contribution < 1.29 is 9.50 Å². The zero-order valence-corrected chi connectivity index (χ0v) is 14.4. The van der Waals surface area contributed by atoms with Crippen LogP contribution in [0.5, 0.6) is 0 Å². The van der Waals surface area contributed by atoms with E-state index in [-0.39, 0.29) is 12.4 Å². The Labute approximate surface area is 155 Å². The molecule has 0 atom stereocenters. The number of imidazole rings is 2. The minimum Gasteiger partial charge on any atom is -0.396 e. The number of rotatable bonds is 5. The molecule has 6 nitrogen and oxygen atoms in total. The molecule has 7 heteroatoms. The van der Waals surface area contributed by atoms with Gasteiger partial charge < -0.3 is 14.5 Å². The smallest absolute Gasteiger partial charge is 0.254 e. The number of benzene rings is 1. The average Bonchev–Trinajstić information content (AvgIpc) is 3.30. The lowest BCUT2D eigenvalue weighted by Gasteiger charge is -2.10. The van der Waals surface area contributed by atoms with Crippen LogP contribution in [0.4, 0.5) is 10.2 Å². The number of aliphatic hydroxyl groups excluding tert-OH is 1. The van der Waals surface area contributed by atoms with Gasteiger partial charge in [-0.25, -0.2) is 18.8 Å². The maximum absolute atomic E-state index is 13.3. The third kappa shape index (κ3) is 3.07. The molecule has 0 amide bonds. The molecular weight excluding hydrogens is 345 g/mol. The molecular formula is C20H16FN5O. The third-order valence-electron chi connectivity index (χ3n) is 4.39. The van der Waals surface area contributed by atoms with E-state index in [1.165, 1.54) is 18.3 Å². The van der Waals surface area contributed by atoms with Crippen molar-refractivity contribution in [2.45, 2.75) is 13.0 Å². The predicted octanol–water partition coefficient (Wildman–Crippen LogP) is 3.94. The Hall–Kier alpha value is -3.50. The number of halogens is 1. The summed E-state index contributed by atoms with van der Waals surface area (Å²) in [5.41, 5.74) is 3.92. The highest BCUT2D eigenvalue weighted by Gasteiger charge is 2.17. The standard InChI is InChI=1S/C20H16FN5O/c1-22-18-11-23-17-8-5-15(12-26(17)18)20-19(14-3-6-16(21)7-4-14)24-13-25(20)9-2-10-27/h3-8,11-13,27H,2,9-10H2. The van der Waals surface area contributed by atoms with E-state index >= 15 is 0 Å². The molecule has 0 spiro atoms. The first kappa shape index (κ1) is 16.9. The lowest BCUT2D eigenvalue weighted by molar-refractivity contribution is 0.280.